The van der Waals surface area contributed by atoms with Gasteiger partial charge in [0.1, 0.15) is 5.52 Å². The maximum absolute atomic E-state index is 13.3. The molecular weight excluding hydrogens is 388 g/mol. The van der Waals surface area contributed by atoms with Gasteiger partial charge in [-0.15, -0.1) is 0 Å². The molecule has 0 aliphatic carbocycles. The van der Waals surface area contributed by atoms with Crippen LogP contribution in [0, 0.1) is 6.92 Å². The number of amides is 1. The zero-order valence-corrected chi connectivity index (χ0v) is 17.7. The highest BCUT2D eigenvalue weighted by atomic mass is 16.2. The number of fused-ring (bicyclic) bond motifs is 3. The Kier molecular flexibility index (Phi) is 5.08. The first-order valence-electron chi connectivity index (χ1n) is 10.8. The predicted molar refractivity (Wildman–Crippen MR) is 123 cm³/mol. The molecule has 31 heavy (non-hydrogen) atoms. The van der Waals surface area contributed by atoms with Crippen LogP contribution in [0.5, 0.6) is 0 Å². The minimum atomic E-state index is -0.0540. The normalized spacial score (nSPS) is 14.8. The topological polar surface area (TPSA) is 58.8 Å². The van der Waals surface area contributed by atoms with Crippen molar-refractivity contribution in [1.29, 1.82) is 0 Å². The summed E-state index contributed by atoms with van der Waals surface area (Å²) in [5, 5.41) is 3.34. The van der Waals surface area contributed by atoms with Gasteiger partial charge in [-0.2, -0.15) is 0 Å². The molecule has 1 aliphatic rings. The van der Waals surface area contributed by atoms with E-state index < -0.39 is 0 Å². The van der Waals surface area contributed by atoms with Crippen molar-refractivity contribution < 1.29 is 4.79 Å². The third kappa shape index (κ3) is 3.64. The Morgan fingerprint density at radius 2 is 1.81 bits per heavy atom. The van der Waals surface area contributed by atoms with Gasteiger partial charge in [-0.3, -0.25) is 9.59 Å². The number of carbonyl (C=O) groups is 1. The molecule has 5 rings (SSSR count). The fourth-order valence-corrected chi connectivity index (χ4v) is 4.35. The summed E-state index contributed by atoms with van der Waals surface area (Å²) < 4.78 is 3.70. The lowest BCUT2D eigenvalue weighted by molar-refractivity contribution is 0.0766. The van der Waals surface area contributed by atoms with Crippen molar-refractivity contribution >= 4 is 22.5 Å². The lowest BCUT2D eigenvalue weighted by atomic mass is 10.1. The molecule has 0 saturated carbocycles. The van der Waals surface area contributed by atoms with E-state index in [4.69, 9.17) is 0 Å². The number of hydrogen-bond donors (Lipinski definition) is 1. The SMILES string of the molecule is Cc1ccc(Cn2c(=O)c3cccn3c3ccc(C(=O)N4CCCNCC4)cc32)cc1. The fourth-order valence-electron chi connectivity index (χ4n) is 4.35. The largest absolute Gasteiger partial charge is 0.337 e. The molecule has 0 spiro atoms. The van der Waals surface area contributed by atoms with E-state index in [0.29, 0.717) is 24.2 Å². The van der Waals surface area contributed by atoms with Crippen molar-refractivity contribution in [2.45, 2.75) is 19.9 Å². The molecular formula is C25H26N4O2. The fraction of sp³-hybridized carbons (Fsp3) is 0.280. The Balaban J connectivity index is 1.64. The summed E-state index contributed by atoms with van der Waals surface area (Å²) in [7, 11) is 0. The van der Waals surface area contributed by atoms with E-state index in [1.54, 1.807) is 4.57 Å². The summed E-state index contributed by atoms with van der Waals surface area (Å²) in [5.41, 5.74) is 5.13. The molecule has 0 unspecified atom stereocenters. The van der Waals surface area contributed by atoms with Gasteiger partial charge in [0.25, 0.3) is 11.5 Å². The second-order valence-corrected chi connectivity index (χ2v) is 8.24. The molecule has 158 valence electrons. The smallest absolute Gasteiger partial charge is 0.275 e. The number of nitrogens with zero attached hydrogens (tertiary/aromatic N) is 3. The van der Waals surface area contributed by atoms with E-state index >= 15 is 0 Å². The van der Waals surface area contributed by atoms with Crippen LogP contribution >= 0.6 is 0 Å². The second-order valence-electron chi connectivity index (χ2n) is 8.24. The Hall–Kier alpha value is -3.38. The first-order valence-corrected chi connectivity index (χ1v) is 10.8. The average Bonchev–Trinajstić information content (AvgIpc) is 3.13. The van der Waals surface area contributed by atoms with E-state index in [1.807, 2.05) is 52.8 Å². The van der Waals surface area contributed by atoms with Gasteiger partial charge in [0.05, 0.1) is 17.6 Å². The molecule has 1 saturated heterocycles. The Morgan fingerprint density at radius 3 is 2.65 bits per heavy atom. The molecule has 1 amide bonds. The van der Waals surface area contributed by atoms with Gasteiger partial charge in [0.15, 0.2) is 0 Å². The van der Waals surface area contributed by atoms with E-state index in [9.17, 15) is 9.59 Å². The molecule has 6 nitrogen and oxygen atoms in total. The summed E-state index contributed by atoms with van der Waals surface area (Å²) in [6, 6.07) is 17.7. The standard InChI is InChI=1S/C25H26N4O2/c1-18-5-7-19(8-6-18)17-29-23-16-20(24(30)27-13-3-11-26-12-15-27)9-10-21(23)28-14-2-4-22(28)25(29)31/h2,4-10,14,16,26H,3,11-13,15,17H2,1H3. The van der Waals surface area contributed by atoms with Crippen LogP contribution in [-0.4, -0.2) is 46.0 Å². The molecule has 2 aromatic carbocycles. The van der Waals surface area contributed by atoms with Crippen LogP contribution in [0.4, 0.5) is 0 Å². The van der Waals surface area contributed by atoms with Crippen LogP contribution in [0.15, 0.2) is 65.6 Å². The van der Waals surface area contributed by atoms with E-state index in [1.165, 1.54) is 5.56 Å². The first-order chi connectivity index (χ1) is 15.1. The van der Waals surface area contributed by atoms with Gasteiger partial charge in [-0.05, 0) is 55.8 Å². The molecule has 1 fully saturated rings. The van der Waals surface area contributed by atoms with Crippen molar-refractivity contribution in [2.24, 2.45) is 0 Å². The quantitative estimate of drug-likeness (QED) is 0.561. The first kappa shape index (κ1) is 19.6. The maximum Gasteiger partial charge on any atom is 0.275 e. The van der Waals surface area contributed by atoms with Gasteiger partial charge >= 0.3 is 0 Å². The molecule has 2 aromatic heterocycles. The highest BCUT2D eigenvalue weighted by Crippen LogP contribution is 2.20. The van der Waals surface area contributed by atoms with Crippen molar-refractivity contribution in [3.05, 3.63) is 87.8 Å². The average molecular weight is 415 g/mol. The number of hydrogen-bond acceptors (Lipinski definition) is 3. The van der Waals surface area contributed by atoms with Crippen LogP contribution in [0.2, 0.25) is 0 Å². The van der Waals surface area contributed by atoms with Crippen LogP contribution < -0.4 is 10.9 Å². The molecule has 1 N–H and O–H groups in total. The van der Waals surface area contributed by atoms with Crippen LogP contribution in [0.1, 0.15) is 27.9 Å². The minimum absolute atomic E-state index is 0.0209. The molecule has 4 aromatic rings. The Bertz CT molecular complexity index is 1310. The van der Waals surface area contributed by atoms with Gasteiger partial charge < -0.3 is 19.2 Å². The summed E-state index contributed by atoms with van der Waals surface area (Å²) in [4.78, 5) is 28.4. The van der Waals surface area contributed by atoms with Crippen molar-refractivity contribution in [3.63, 3.8) is 0 Å². The van der Waals surface area contributed by atoms with E-state index in [2.05, 4.69) is 29.6 Å². The van der Waals surface area contributed by atoms with Gasteiger partial charge in [-0.25, -0.2) is 0 Å². The summed E-state index contributed by atoms with van der Waals surface area (Å²) in [5.74, 6) is 0.0209. The Morgan fingerprint density at radius 1 is 0.968 bits per heavy atom. The van der Waals surface area contributed by atoms with Crippen LogP contribution in [0.3, 0.4) is 0 Å². The number of nitrogens with one attached hydrogen (secondary N) is 1. The number of aryl methyl sites for hydroxylation is 1. The van der Waals surface area contributed by atoms with Crippen LogP contribution in [-0.2, 0) is 6.54 Å². The lowest BCUT2D eigenvalue weighted by Crippen LogP contribution is -2.34. The third-order valence-corrected chi connectivity index (χ3v) is 6.07. The number of rotatable bonds is 3. The molecule has 1 aliphatic heterocycles. The molecule has 0 bridgehead atoms. The third-order valence-electron chi connectivity index (χ3n) is 6.07. The van der Waals surface area contributed by atoms with Crippen molar-refractivity contribution in [2.75, 3.05) is 26.2 Å². The number of aromatic nitrogens is 2. The molecule has 3 heterocycles. The summed E-state index contributed by atoms with van der Waals surface area (Å²) in [6.07, 6.45) is 2.85. The van der Waals surface area contributed by atoms with Crippen LogP contribution in [0.25, 0.3) is 16.6 Å². The van der Waals surface area contributed by atoms with Gasteiger partial charge in [0, 0.05) is 31.4 Å². The van der Waals surface area contributed by atoms with Gasteiger partial charge in [-0.1, -0.05) is 29.8 Å². The van der Waals surface area contributed by atoms with Crippen molar-refractivity contribution in [3.8, 4) is 0 Å². The number of carbonyl (C=O) groups excluding carboxylic acids is 1. The van der Waals surface area contributed by atoms with Gasteiger partial charge in [0.2, 0.25) is 0 Å². The summed E-state index contributed by atoms with van der Waals surface area (Å²) in [6.45, 7) is 5.70. The zero-order valence-electron chi connectivity index (χ0n) is 17.7. The predicted octanol–water partition coefficient (Wildman–Crippen LogP) is 3.05. The Labute approximate surface area is 180 Å². The maximum atomic E-state index is 13.3. The van der Waals surface area contributed by atoms with Crippen molar-refractivity contribution in [1.82, 2.24) is 19.2 Å². The summed E-state index contributed by atoms with van der Waals surface area (Å²) >= 11 is 0. The number of benzene rings is 2. The lowest BCUT2D eigenvalue weighted by Gasteiger charge is -2.21. The second kappa shape index (κ2) is 8.04. The molecule has 0 atom stereocenters. The minimum Gasteiger partial charge on any atom is -0.337 e. The highest BCUT2D eigenvalue weighted by molar-refractivity contribution is 5.97. The molecule has 0 radical (unpaired) electrons. The van der Waals surface area contributed by atoms with E-state index in [-0.39, 0.29) is 11.5 Å². The highest BCUT2D eigenvalue weighted by Gasteiger charge is 2.19. The molecule has 6 heteroatoms. The zero-order chi connectivity index (χ0) is 21.4. The monoisotopic (exact) mass is 414 g/mol. The van der Waals surface area contributed by atoms with E-state index in [0.717, 1.165) is 42.7 Å².